The number of fused-ring (bicyclic) bond motifs is 4. The highest BCUT2D eigenvalue weighted by atomic mass is 14.7. The normalized spacial score (nSPS) is 11.5. The van der Waals surface area contributed by atoms with E-state index in [1.807, 2.05) is 24.8 Å². The molecule has 0 aliphatic rings. The largest absolute Gasteiger partial charge is 0.264 e. The second kappa shape index (κ2) is 9.11. The zero-order valence-corrected chi connectivity index (χ0v) is 21.6. The number of pyridine rings is 3. The van der Waals surface area contributed by atoms with Gasteiger partial charge < -0.3 is 0 Å². The molecular weight excluding hydrogens is 486 g/mol. The topological polar surface area (TPSA) is 38.7 Å². The minimum Gasteiger partial charge on any atom is -0.264 e. The first kappa shape index (κ1) is 22.6. The Morgan fingerprint density at radius 3 is 1.60 bits per heavy atom. The molecule has 3 aromatic heterocycles. The van der Waals surface area contributed by atoms with Crippen LogP contribution in [-0.4, -0.2) is 15.0 Å². The molecule has 0 aliphatic heterocycles. The van der Waals surface area contributed by atoms with Gasteiger partial charge in [0.2, 0.25) is 0 Å². The van der Waals surface area contributed by atoms with Crippen LogP contribution in [0.3, 0.4) is 0 Å². The van der Waals surface area contributed by atoms with E-state index in [0.717, 1.165) is 49.6 Å². The van der Waals surface area contributed by atoms with Gasteiger partial charge in [-0.1, -0.05) is 66.7 Å². The van der Waals surface area contributed by atoms with Crippen molar-refractivity contribution >= 4 is 43.1 Å². The molecule has 0 bridgehead atoms. The van der Waals surface area contributed by atoms with Crippen LogP contribution in [0.15, 0.2) is 140 Å². The van der Waals surface area contributed by atoms with Crippen molar-refractivity contribution in [3.05, 3.63) is 140 Å². The van der Waals surface area contributed by atoms with Gasteiger partial charge in [-0.15, -0.1) is 0 Å². The molecule has 3 heterocycles. The molecule has 8 aromatic rings. The second-order valence-corrected chi connectivity index (χ2v) is 10.2. The highest BCUT2D eigenvalue weighted by molar-refractivity contribution is 6.05. The fourth-order valence-electron chi connectivity index (χ4n) is 5.69. The van der Waals surface area contributed by atoms with Crippen LogP contribution < -0.4 is 0 Å². The summed E-state index contributed by atoms with van der Waals surface area (Å²) in [6.45, 7) is 0. The molecule has 5 aromatic carbocycles. The van der Waals surface area contributed by atoms with Gasteiger partial charge in [-0.3, -0.25) is 9.97 Å². The first-order valence-corrected chi connectivity index (χ1v) is 13.4. The molecule has 3 nitrogen and oxygen atoms in total. The van der Waals surface area contributed by atoms with Crippen LogP contribution in [-0.2, 0) is 0 Å². The van der Waals surface area contributed by atoms with E-state index in [1.165, 1.54) is 27.1 Å². The SMILES string of the molecule is c1ccc2cc3c(-c4cc(-c5ccc6cnccc6c5)nc(-c5ccc6cnccc6c5)c4)cccc3cc2c1. The molecule has 0 amide bonds. The highest BCUT2D eigenvalue weighted by Crippen LogP contribution is 2.36. The molecule has 40 heavy (non-hydrogen) atoms. The molecule has 0 atom stereocenters. The molecule has 186 valence electrons. The third-order valence-electron chi connectivity index (χ3n) is 7.76. The fraction of sp³-hybridized carbons (Fsp3) is 0. The summed E-state index contributed by atoms with van der Waals surface area (Å²) in [5.74, 6) is 0. The fourth-order valence-corrected chi connectivity index (χ4v) is 5.69. The molecule has 0 saturated carbocycles. The third-order valence-corrected chi connectivity index (χ3v) is 7.76. The van der Waals surface area contributed by atoms with Gasteiger partial charge in [-0.05, 0) is 92.0 Å². The first-order chi connectivity index (χ1) is 19.8. The molecule has 8 rings (SSSR count). The van der Waals surface area contributed by atoms with E-state index in [-0.39, 0.29) is 0 Å². The summed E-state index contributed by atoms with van der Waals surface area (Å²) >= 11 is 0. The van der Waals surface area contributed by atoms with Gasteiger partial charge in [-0.2, -0.15) is 0 Å². The summed E-state index contributed by atoms with van der Waals surface area (Å²) in [7, 11) is 0. The maximum atomic E-state index is 5.21. The maximum absolute atomic E-state index is 5.21. The van der Waals surface area contributed by atoms with E-state index < -0.39 is 0 Å². The summed E-state index contributed by atoms with van der Waals surface area (Å²) in [5, 5.41) is 9.49. The molecule has 0 fully saturated rings. The third kappa shape index (κ3) is 3.88. The van der Waals surface area contributed by atoms with E-state index in [9.17, 15) is 0 Å². The predicted octanol–water partition coefficient (Wildman–Crippen LogP) is 9.49. The van der Waals surface area contributed by atoms with E-state index >= 15 is 0 Å². The van der Waals surface area contributed by atoms with Crippen molar-refractivity contribution < 1.29 is 0 Å². The Kier molecular flexibility index (Phi) is 5.14. The maximum Gasteiger partial charge on any atom is 0.0715 e. The molecule has 0 saturated heterocycles. The molecule has 3 heteroatoms. The Morgan fingerprint density at radius 2 is 0.950 bits per heavy atom. The van der Waals surface area contributed by atoms with Crippen LogP contribution in [0, 0.1) is 0 Å². The zero-order valence-electron chi connectivity index (χ0n) is 21.6. The van der Waals surface area contributed by atoms with Gasteiger partial charge in [-0.25, -0.2) is 4.98 Å². The van der Waals surface area contributed by atoms with Crippen LogP contribution in [0.2, 0.25) is 0 Å². The first-order valence-electron chi connectivity index (χ1n) is 13.4. The minimum absolute atomic E-state index is 0.943. The van der Waals surface area contributed by atoms with Crippen molar-refractivity contribution in [3.8, 4) is 33.6 Å². The van der Waals surface area contributed by atoms with Crippen LogP contribution in [0.25, 0.3) is 76.7 Å². The zero-order chi connectivity index (χ0) is 26.5. The molecule has 0 spiro atoms. The average molecular weight is 510 g/mol. The van der Waals surface area contributed by atoms with Crippen LogP contribution in [0.1, 0.15) is 0 Å². The second-order valence-electron chi connectivity index (χ2n) is 10.2. The summed E-state index contributed by atoms with van der Waals surface area (Å²) in [5.41, 5.74) is 6.39. The van der Waals surface area contributed by atoms with E-state index in [4.69, 9.17) is 4.98 Å². The molecular formula is C37H23N3. The predicted molar refractivity (Wildman–Crippen MR) is 166 cm³/mol. The smallest absolute Gasteiger partial charge is 0.0715 e. The lowest BCUT2D eigenvalue weighted by atomic mass is 9.93. The molecule has 0 radical (unpaired) electrons. The van der Waals surface area contributed by atoms with Gasteiger partial charge in [0.05, 0.1) is 11.4 Å². The lowest BCUT2D eigenvalue weighted by Crippen LogP contribution is -1.92. The Balaban J connectivity index is 1.39. The molecule has 0 unspecified atom stereocenters. The van der Waals surface area contributed by atoms with Crippen molar-refractivity contribution in [2.45, 2.75) is 0 Å². The Morgan fingerprint density at radius 1 is 0.375 bits per heavy atom. The lowest BCUT2D eigenvalue weighted by Gasteiger charge is -2.14. The van der Waals surface area contributed by atoms with Crippen LogP contribution in [0.5, 0.6) is 0 Å². The Bertz CT molecular complexity index is 2140. The van der Waals surface area contributed by atoms with Crippen LogP contribution >= 0.6 is 0 Å². The minimum atomic E-state index is 0.943. The van der Waals surface area contributed by atoms with Gasteiger partial charge in [0.25, 0.3) is 0 Å². The summed E-state index contributed by atoms with van der Waals surface area (Å²) in [6.07, 6.45) is 7.48. The molecule has 0 N–H and O–H groups in total. The summed E-state index contributed by atoms with van der Waals surface area (Å²) in [6, 6.07) is 41.2. The van der Waals surface area contributed by atoms with E-state index in [1.54, 1.807) is 0 Å². The van der Waals surface area contributed by atoms with Gasteiger partial charge in [0.15, 0.2) is 0 Å². The quantitative estimate of drug-likeness (QED) is 0.223. The van der Waals surface area contributed by atoms with Crippen molar-refractivity contribution in [1.29, 1.82) is 0 Å². The number of aromatic nitrogens is 3. The van der Waals surface area contributed by atoms with E-state index in [2.05, 4.69) is 125 Å². The number of hydrogen-bond acceptors (Lipinski definition) is 3. The monoisotopic (exact) mass is 509 g/mol. The van der Waals surface area contributed by atoms with E-state index in [0.29, 0.717) is 0 Å². The van der Waals surface area contributed by atoms with Crippen LogP contribution in [0.4, 0.5) is 0 Å². The number of benzene rings is 5. The number of hydrogen-bond donors (Lipinski definition) is 0. The number of rotatable bonds is 3. The van der Waals surface area contributed by atoms with Gasteiger partial charge in [0.1, 0.15) is 0 Å². The Labute approximate surface area is 231 Å². The van der Waals surface area contributed by atoms with Crippen molar-refractivity contribution in [2.24, 2.45) is 0 Å². The van der Waals surface area contributed by atoms with Crippen molar-refractivity contribution in [2.75, 3.05) is 0 Å². The summed E-state index contributed by atoms with van der Waals surface area (Å²) < 4.78 is 0. The highest BCUT2D eigenvalue weighted by Gasteiger charge is 2.13. The van der Waals surface area contributed by atoms with Gasteiger partial charge >= 0.3 is 0 Å². The Hall–Kier alpha value is -5.41. The van der Waals surface area contributed by atoms with Gasteiger partial charge in [0, 0.05) is 46.7 Å². The standard InChI is InChI=1S/C37H23N3/c1-2-5-25-19-35-28(16-24(25)4-1)6-3-7-34(35)33-20-36(29-8-10-31-22-38-14-12-26(31)17-29)40-37(21-33)30-9-11-32-23-39-15-13-27(32)18-30/h1-23H. The number of nitrogens with zero attached hydrogens (tertiary/aromatic N) is 3. The summed E-state index contributed by atoms with van der Waals surface area (Å²) in [4.78, 5) is 13.8. The average Bonchev–Trinajstić information content (AvgIpc) is 3.02. The molecule has 0 aliphatic carbocycles. The lowest BCUT2D eigenvalue weighted by molar-refractivity contribution is 1.32. The van der Waals surface area contributed by atoms with Crippen molar-refractivity contribution in [1.82, 2.24) is 15.0 Å². The van der Waals surface area contributed by atoms with Crippen molar-refractivity contribution in [3.63, 3.8) is 0 Å².